The molecule has 2 aromatic carbocycles. The molecular formula is C30H30ClNO6. The van der Waals surface area contributed by atoms with Gasteiger partial charge in [0, 0.05) is 28.1 Å². The lowest BCUT2D eigenvalue weighted by atomic mass is 9.79. The lowest BCUT2D eigenvalue weighted by Crippen LogP contribution is -2.33. The minimum Gasteiger partial charge on any atom is -0.461 e. The Morgan fingerprint density at radius 2 is 1.63 bits per heavy atom. The molecule has 2 heterocycles. The predicted molar refractivity (Wildman–Crippen MR) is 147 cm³/mol. The predicted octanol–water partition coefficient (Wildman–Crippen LogP) is 5.74. The summed E-state index contributed by atoms with van der Waals surface area (Å²) in [7, 11) is 0. The second-order valence-corrected chi connectivity index (χ2v) is 9.77. The van der Waals surface area contributed by atoms with Crippen LogP contribution in [0.15, 0.2) is 80.3 Å². The molecule has 0 saturated carbocycles. The van der Waals surface area contributed by atoms with E-state index >= 15 is 0 Å². The average Bonchev–Trinajstić information content (AvgIpc) is 2.88. The minimum atomic E-state index is -0.913. The third-order valence-corrected chi connectivity index (χ3v) is 6.53. The maximum absolute atomic E-state index is 13.5. The minimum absolute atomic E-state index is 0.000327. The molecule has 0 saturated heterocycles. The van der Waals surface area contributed by atoms with Gasteiger partial charge in [-0.3, -0.25) is 4.79 Å². The maximum atomic E-state index is 13.5. The molecule has 0 spiro atoms. The molecule has 7 nitrogen and oxygen atoms in total. The highest BCUT2D eigenvalue weighted by molar-refractivity contribution is 6.18. The molecule has 0 bridgehead atoms. The van der Waals surface area contributed by atoms with Crippen LogP contribution in [-0.4, -0.2) is 30.5 Å². The van der Waals surface area contributed by atoms with Crippen LogP contribution >= 0.6 is 11.6 Å². The van der Waals surface area contributed by atoms with Gasteiger partial charge in [0.15, 0.2) is 5.43 Å². The number of dihydropyridines is 1. The van der Waals surface area contributed by atoms with Crippen LogP contribution < -0.4 is 10.7 Å². The first-order chi connectivity index (χ1) is 18.1. The zero-order valence-corrected chi connectivity index (χ0v) is 22.8. The Labute approximate surface area is 226 Å². The summed E-state index contributed by atoms with van der Waals surface area (Å²) < 4.78 is 17.4. The summed E-state index contributed by atoms with van der Waals surface area (Å²) in [6.45, 7) is 8.71. The first kappa shape index (κ1) is 27.2. The highest BCUT2D eigenvalue weighted by atomic mass is 35.5. The molecule has 0 aliphatic carbocycles. The molecule has 0 radical (unpaired) electrons. The van der Waals surface area contributed by atoms with E-state index in [0.717, 1.165) is 5.56 Å². The Kier molecular flexibility index (Phi) is 8.07. The lowest BCUT2D eigenvalue weighted by Gasteiger charge is -2.31. The molecular weight excluding hydrogens is 506 g/mol. The number of hydrogen-bond donors (Lipinski definition) is 1. The molecule has 8 heteroatoms. The Bertz CT molecular complexity index is 1520. The lowest BCUT2D eigenvalue weighted by molar-refractivity contribution is -0.143. The SMILES string of the molecule is CC1=C(C(=O)OCCCl)C(c2cccc3c(=O)c(C)c(-c4ccccc4)oc23)C(C(=O)OC(C)C)=C(C)N1. The summed E-state index contributed by atoms with van der Waals surface area (Å²) in [6, 6.07) is 14.5. The molecule has 1 atom stereocenters. The van der Waals surface area contributed by atoms with Crippen molar-refractivity contribution < 1.29 is 23.5 Å². The summed E-state index contributed by atoms with van der Waals surface area (Å²) in [5.41, 5.74) is 3.27. The molecule has 1 unspecified atom stereocenters. The van der Waals surface area contributed by atoms with E-state index in [1.807, 2.05) is 30.3 Å². The second-order valence-electron chi connectivity index (χ2n) is 9.39. The number of carbonyl (C=O) groups is 2. The number of para-hydroxylation sites is 1. The quantitative estimate of drug-likeness (QED) is 0.304. The second kappa shape index (κ2) is 11.3. The molecule has 1 aromatic heterocycles. The van der Waals surface area contributed by atoms with E-state index in [4.69, 9.17) is 25.5 Å². The van der Waals surface area contributed by atoms with Crippen molar-refractivity contribution in [1.29, 1.82) is 0 Å². The Balaban J connectivity index is 2.04. The zero-order valence-electron chi connectivity index (χ0n) is 22.0. The normalized spacial score (nSPS) is 15.6. The van der Waals surface area contributed by atoms with E-state index in [1.54, 1.807) is 52.8 Å². The first-order valence-electron chi connectivity index (χ1n) is 12.4. The summed E-state index contributed by atoms with van der Waals surface area (Å²) >= 11 is 5.78. The van der Waals surface area contributed by atoms with Crippen LogP contribution in [0, 0.1) is 6.92 Å². The van der Waals surface area contributed by atoms with E-state index in [0.29, 0.717) is 33.7 Å². The molecule has 1 N–H and O–H groups in total. The number of fused-ring (bicyclic) bond motifs is 1. The van der Waals surface area contributed by atoms with Gasteiger partial charge < -0.3 is 19.2 Å². The van der Waals surface area contributed by atoms with Gasteiger partial charge in [-0.05, 0) is 40.7 Å². The maximum Gasteiger partial charge on any atom is 0.337 e. The fourth-order valence-electron chi connectivity index (χ4n) is 4.76. The molecule has 0 amide bonds. The Morgan fingerprint density at radius 1 is 0.974 bits per heavy atom. The number of benzene rings is 2. The number of halogens is 1. The van der Waals surface area contributed by atoms with Gasteiger partial charge in [-0.25, -0.2) is 9.59 Å². The number of esters is 2. The van der Waals surface area contributed by atoms with E-state index < -0.39 is 17.9 Å². The van der Waals surface area contributed by atoms with Crippen LogP contribution in [0.2, 0.25) is 0 Å². The van der Waals surface area contributed by atoms with Crippen molar-refractivity contribution in [2.45, 2.75) is 46.6 Å². The summed E-state index contributed by atoms with van der Waals surface area (Å²) in [5.74, 6) is -1.58. The summed E-state index contributed by atoms with van der Waals surface area (Å²) in [6.07, 6.45) is -0.389. The third-order valence-electron chi connectivity index (χ3n) is 6.38. The molecule has 1 aliphatic rings. The van der Waals surface area contributed by atoms with Crippen molar-refractivity contribution in [2.24, 2.45) is 0 Å². The fraction of sp³-hybridized carbons (Fsp3) is 0.300. The van der Waals surface area contributed by atoms with Crippen LogP contribution in [0.1, 0.15) is 44.7 Å². The zero-order chi connectivity index (χ0) is 27.6. The Morgan fingerprint density at radius 3 is 2.26 bits per heavy atom. The summed E-state index contributed by atoms with van der Waals surface area (Å²) in [4.78, 5) is 40.3. The number of alkyl halides is 1. The van der Waals surface area contributed by atoms with Crippen molar-refractivity contribution in [2.75, 3.05) is 12.5 Å². The van der Waals surface area contributed by atoms with Crippen molar-refractivity contribution in [3.05, 3.63) is 92.4 Å². The number of carbonyl (C=O) groups excluding carboxylic acids is 2. The average molecular weight is 536 g/mol. The van der Waals surface area contributed by atoms with Crippen LogP contribution in [-0.2, 0) is 19.1 Å². The van der Waals surface area contributed by atoms with Crippen molar-refractivity contribution >= 4 is 34.5 Å². The van der Waals surface area contributed by atoms with Gasteiger partial charge in [0.2, 0.25) is 0 Å². The third kappa shape index (κ3) is 5.11. The molecule has 38 heavy (non-hydrogen) atoms. The standard InChI is InChI=1S/C30H30ClNO6/c1-16(2)37-30(35)24-19(5)32-18(4)23(29(34)36-15-14-31)25(24)21-12-9-13-22-26(33)17(3)27(38-28(21)22)20-10-7-6-8-11-20/h6-13,16,25,32H,14-15H2,1-5H3. The van der Waals surface area contributed by atoms with Crippen LogP contribution in [0.4, 0.5) is 0 Å². The topological polar surface area (TPSA) is 94.8 Å². The molecule has 4 rings (SSSR count). The van der Waals surface area contributed by atoms with Crippen LogP contribution in [0.5, 0.6) is 0 Å². The van der Waals surface area contributed by atoms with Crippen molar-refractivity contribution in [3.8, 4) is 11.3 Å². The molecule has 3 aromatic rings. The largest absolute Gasteiger partial charge is 0.461 e. The number of hydrogen-bond acceptors (Lipinski definition) is 7. The first-order valence-corrected chi connectivity index (χ1v) is 12.9. The van der Waals surface area contributed by atoms with Gasteiger partial charge in [-0.2, -0.15) is 0 Å². The molecule has 1 aliphatic heterocycles. The van der Waals surface area contributed by atoms with Crippen molar-refractivity contribution in [3.63, 3.8) is 0 Å². The number of allylic oxidation sites excluding steroid dienone is 2. The van der Waals surface area contributed by atoms with Crippen LogP contribution in [0.25, 0.3) is 22.3 Å². The van der Waals surface area contributed by atoms with E-state index in [1.165, 1.54) is 0 Å². The monoisotopic (exact) mass is 535 g/mol. The van der Waals surface area contributed by atoms with Gasteiger partial charge in [0.05, 0.1) is 34.4 Å². The fourth-order valence-corrected chi connectivity index (χ4v) is 4.83. The van der Waals surface area contributed by atoms with Gasteiger partial charge >= 0.3 is 11.9 Å². The summed E-state index contributed by atoms with van der Waals surface area (Å²) in [5, 5.41) is 3.47. The van der Waals surface area contributed by atoms with Gasteiger partial charge in [-0.1, -0.05) is 42.5 Å². The van der Waals surface area contributed by atoms with Gasteiger partial charge in [-0.15, -0.1) is 11.6 Å². The highest BCUT2D eigenvalue weighted by Gasteiger charge is 2.40. The van der Waals surface area contributed by atoms with E-state index in [-0.39, 0.29) is 40.7 Å². The molecule has 198 valence electrons. The number of ether oxygens (including phenoxy) is 2. The van der Waals surface area contributed by atoms with Crippen LogP contribution in [0.3, 0.4) is 0 Å². The van der Waals surface area contributed by atoms with E-state index in [9.17, 15) is 14.4 Å². The smallest absolute Gasteiger partial charge is 0.337 e. The van der Waals surface area contributed by atoms with E-state index in [2.05, 4.69) is 5.32 Å². The highest BCUT2D eigenvalue weighted by Crippen LogP contribution is 2.42. The number of nitrogens with one attached hydrogen (secondary N) is 1. The molecule has 0 fully saturated rings. The van der Waals surface area contributed by atoms with Crippen molar-refractivity contribution in [1.82, 2.24) is 5.32 Å². The van der Waals surface area contributed by atoms with Gasteiger partial charge in [0.1, 0.15) is 18.0 Å². The Hall–Kier alpha value is -3.84. The number of rotatable bonds is 7. The van der Waals surface area contributed by atoms with Gasteiger partial charge in [0.25, 0.3) is 0 Å².